The van der Waals surface area contributed by atoms with Crippen molar-refractivity contribution >= 4 is 29.0 Å². The van der Waals surface area contributed by atoms with Gasteiger partial charge in [0.15, 0.2) is 0 Å². The quantitative estimate of drug-likeness (QED) is 0.481. The Bertz CT molecular complexity index is 906. The van der Waals surface area contributed by atoms with Gasteiger partial charge in [-0.2, -0.15) is 0 Å². The summed E-state index contributed by atoms with van der Waals surface area (Å²) in [6.07, 6.45) is 0. The topological polar surface area (TPSA) is 102 Å². The molecule has 0 bridgehead atoms. The fourth-order valence-electron chi connectivity index (χ4n) is 2.94. The van der Waals surface area contributed by atoms with Crippen molar-refractivity contribution in [2.24, 2.45) is 0 Å². The summed E-state index contributed by atoms with van der Waals surface area (Å²) >= 11 is 1.51. The van der Waals surface area contributed by atoms with E-state index in [1.54, 1.807) is 6.92 Å². The van der Waals surface area contributed by atoms with Gasteiger partial charge < -0.3 is 10.1 Å². The number of carbonyl (C=O) groups is 2. The highest BCUT2D eigenvalue weighted by Crippen LogP contribution is 2.33. The lowest BCUT2D eigenvalue weighted by molar-refractivity contribution is -0.384. The van der Waals surface area contributed by atoms with Crippen LogP contribution < -0.4 is 5.32 Å². The average Bonchev–Trinajstić information content (AvgIpc) is 3.17. The SMILES string of the molecule is COC(=O)C1=C(C)N(Cc2cccs2)C(=O)NC1c1ccc([N+](=O)[O-])cc1. The van der Waals surface area contributed by atoms with E-state index in [0.717, 1.165) is 4.88 Å². The predicted molar refractivity (Wildman–Crippen MR) is 98.9 cm³/mol. The summed E-state index contributed by atoms with van der Waals surface area (Å²) in [4.78, 5) is 37.9. The number of benzene rings is 1. The largest absolute Gasteiger partial charge is 0.466 e. The van der Waals surface area contributed by atoms with Gasteiger partial charge in [-0.1, -0.05) is 6.07 Å². The first-order valence-electron chi connectivity index (χ1n) is 8.06. The lowest BCUT2D eigenvalue weighted by atomic mass is 9.94. The fourth-order valence-corrected chi connectivity index (χ4v) is 3.64. The summed E-state index contributed by atoms with van der Waals surface area (Å²) in [7, 11) is 1.27. The summed E-state index contributed by atoms with van der Waals surface area (Å²) < 4.78 is 4.91. The number of hydrogen-bond donors (Lipinski definition) is 1. The molecule has 0 saturated heterocycles. The Morgan fingerprint density at radius 1 is 1.33 bits per heavy atom. The van der Waals surface area contributed by atoms with Crippen LogP contribution in [0.3, 0.4) is 0 Å². The molecule has 1 aliphatic rings. The van der Waals surface area contributed by atoms with E-state index in [1.807, 2.05) is 17.5 Å². The summed E-state index contributed by atoms with van der Waals surface area (Å²) in [5, 5.41) is 15.6. The molecule has 9 heteroatoms. The zero-order valence-electron chi connectivity index (χ0n) is 14.7. The second kappa shape index (κ2) is 7.58. The van der Waals surface area contributed by atoms with Crippen LogP contribution in [0.4, 0.5) is 10.5 Å². The molecule has 0 fully saturated rings. The highest BCUT2D eigenvalue weighted by Gasteiger charge is 2.36. The summed E-state index contributed by atoms with van der Waals surface area (Å²) in [6, 6.07) is 8.42. The van der Waals surface area contributed by atoms with Crippen LogP contribution >= 0.6 is 11.3 Å². The van der Waals surface area contributed by atoms with Gasteiger partial charge in [-0.25, -0.2) is 9.59 Å². The number of urea groups is 1. The molecule has 2 aromatic rings. The molecule has 1 aliphatic heterocycles. The zero-order chi connectivity index (χ0) is 19.6. The third-order valence-electron chi connectivity index (χ3n) is 4.33. The van der Waals surface area contributed by atoms with Crippen LogP contribution in [0.1, 0.15) is 23.4 Å². The smallest absolute Gasteiger partial charge is 0.337 e. The normalized spacial score (nSPS) is 16.9. The predicted octanol–water partition coefficient (Wildman–Crippen LogP) is 3.37. The van der Waals surface area contributed by atoms with Crippen molar-refractivity contribution < 1.29 is 19.2 Å². The molecule has 1 aromatic heterocycles. The molecule has 0 spiro atoms. The monoisotopic (exact) mass is 387 g/mol. The van der Waals surface area contributed by atoms with Crippen molar-refractivity contribution in [2.45, 2.75) is 19.5 Å². The molecule has 1 N–H and O–H groups in total. The Labute approximate surface area is 159 Å². The maximum atomic E-state index is 12.7. The maximum absolute atomic E-state index is 12.7. The first-order chi connectivity index (χ1) is 12.9. The van der Waals surface area contributed by atoms with Crippen LogP contribution in [-0.4, -0.2) is 28.9 Å². The number of ether oxygens (including phenoxy) is 1. The van der Waals surface area contributed by atoms with Gasteiger partial charge in [0.25, 0.3) is 5.69 Å². The third kappa shape index (κ3) is 3.68. The molecule has 0 aliphatic carbocycles. The first-order valence-corrected chi connectivity index (χ1v) is 8.94. The molecule has 1 atom stereocenters. The van der Waals surface area contributed by atoms with Gasteiger partial charge >= 0.3 is 12.0 Å². The summed E-state index contributed by atoms with van der Waals surface area (Å²) in [5.41, 5.74) is 1.27. The fraction of sp³-hybridized carbons (Fsp3) is 0.222. The Hall–Kier alpha value is -3.20. The minimum absolute atomic E-state index is 0.0690. The molecule has 1 aromatic carbocycles. The molecule has 1 unspecified atom stereocenters. The number of methoxy groups -OCH3 is 1. The van der Waals surface area contributed by atoms with E-state index in [-0.39, 0.29) is 11.7 Å². The van der Waals surface area contributed by atoms with Crippen molar-refractivity contribution in [1.29, 1.82) is 0 Å². The van der Waals surface area contributed by atoms with E-state index < -0.39 is 16.9 Å². The third-order valence-corrected chi connectivity index (χ3v) is 5.19. The highest BCUT2D eigenvalue weighted by atomic mass is 32.1. The Morgan fingerprint density at radius 3 is 2.59 bits per heavy atom. The minimum Gasteiger partial charge on any atom is -0.466 e. The Kier molecular flexibility index (Phi) is 5.22. The van der Waals surface area contributed by atoms with Crippen LogP contribution in [0.15, 0.2) is 53.0 Å². The van der Waals surface area contributed by atoms with Crippen LogP contribution in [-0.2, 0) is 16.1 Å². The van der Waals surface area contributed by atoms with Gasteiger partial charge in [-0.05, 0) is 36.1 Å². The zero-order valence-corrected chi connectivity index (χ0v) is 15.5. The summed E-state index contributed by atoms with van der Waals surface area (Å²) in [6.45, 7) is 2.03. The number of nitro benzene ring substituents is 1. The molecular formula is C18H17N3O5S. The van der Waals surface area contributed by atoms with Crippen LogP contribution in [0.25, 0.3) is 0 Å². The summed E-state index contributed by atoms with van der Waals surface area (Å²) in [5.74, 6) is -0.563. The number of thiophene rings is 1. The Balaban J connectivity index is 2.01. The minimum atomic E-state index is -0.745. The van der Waals surface area contributed by atoms with E-state index in [4.69, 9.17) is 4.74 Å². The standard InChI is InChI=1S/C18H17N3O5S/c1-11-15(17(22)26-2)16(12-5-7-13(8-6-12)21(24)25)19-18(23)20(11)10-14-4-3-9-27-14/h3-9,16H,10H2,1-2H3,(H,19,23). The van der Waals surface area contributed by atoms with Gasteiger partial charge in [0.05, 0.1) is 30.2 Å². The molecule has 3 rings (SSSR count). The van der Waals surface area contributed by atoms with Gasteiger partial charge in [0, 0.05) is 22.7 Å². The molecule has 8 nitrogen and oxygen atoms in total. The van der Waals surface area contributed by atoms with Crippen molar-refractivity contribution in [1.82, 2.24) is 10.2 Å². The number of nitrogens with zero attached hydrogens (tertiary/aromatic N) is 2. The molecule has 0 saturated carbocycles. The van der Waals surface area contributed by atoms with Crippen molar-refractivity contribution in [3.05, 3.63) is 73.6 Å². The van der Waals surface area contributed by atoms with Crippen molar-refractivity contribution in [2.75, 3.05) is 7.11 Å². The molecular weight excluding hydrogens is 370 g/mol. The number of amides is 2. The molecule has 27 heavy (non-hydrogen) atoms. The van der Waals surface area contributed by atoms with E-state index in [1.165, 1.54) is 47.6 Å². The van der Waals surface area contributed by atoms with Gasteiger partial charge in [0.2, 0.25) is 0 Å². The Morgan fingerprint density at radius 2 is 2.04 bits per heavy atom. The van der Waals surface area contributed by atoms with Gasteiger partial charge in [-0.3, -0.25) is 15.0 Å². The van der Waals surface area contributed by atoms with Crippen molar-refractivity contribution in [3.63, 3.8) is 0 Å². The number of hydrogen-bond acceptors (Lipinski definition) is 6. The number of non-ortho nitro benzene ring substituents is 1. The molecule has 140 valence electrons. The molecule has 2 amide bonds. The lowest BCUT2D eigenvalue weighted by Gasteiger charge is -2.35. The van der Waals surface area contributed by atoms with Crippen molar-refractivity contribution in [3.8, 4) is 0 Å². The lowest BCUT2D eigenvalue weighted by Crippen LogP contribution is -2.47. The number of nitrogens with one attached hydrogen (secondary N) is 1. The highest BCUT2D eigenvalue weighted by molar-refractivity contribution is 7.09. The van der Waals surface area contributed by atoms with Crippen LogP contribution in [0.5, 0.6) is 0 Å². The van der Waals surface area contributed by atoms with E-state index in [0.29, 0.717) is 23.4 Å². The number of carbonyl (C=O) groups excluding carboxylic acids is 2. The number of esters is 1. The first kappa shape index (κ1) is 18.6. The van der Waals surface area contributed by atoms with Gasteiger partial charge in [0.1, 0.15) is 0 Å². The average molecular weight is 387 g/mol. The second-order valence-corrected chi connectivity index (χ2v) is 6.92. The number of rotatable bonds is 5. The van der Waals surface area contributed by atoms with E-state index >= 15 is 0 Å². The molecule has 0 radical (unpaired) electrons. The number of allylic oxidation sites excluding steroid dienone is 1. The van der Waals surface area contributed by atoms with E-state index in [9.17, 15) is 19.7 Å². The van der Waals surface area contributed by atoms with Crippen LogP contribution in [0.2, 0.25) is 0 Å². The second-order valence-electron chi connectivity index (χ2n) is 5.89. The van der Waals surface area contributed by atoms with Gasteiger partial charge in [-0.15, -0.1) is 11.3 Å². The number of nitro groups is 1. The maximum Gasteiger partial charge on any atom is 0.337 e. The molecule has 2 heterocycles. The van der Waals surface area contributed by atoms with Crippen LogP contribution in [0, 0.1) is 10.1 Å². The van der Waals surface area contributed by atoms with E-state index in [2.05, 4.69) is 5.32 Å².